The van der Waals surface area contributed by atoms with E-state index in [0.717, 1.165) is 5.13 Å². The van der Waals surface area contributed by atoms with Crippen LogP contribution >= 0.6 is 23.6 Å². The van der Waals surface area contributed by atoms with Crippen LogP contribution in [-0.4, -0.2) is 43.2 Å². The quantitative estimate of drug-likeness (QED) is 0.733. The van der Waals surface area contributed by atoms with Crippen LogP contribution in [0.5, 0.6) is 0 Å². The number of nitrogens with zero attached hydrogens (tertiary/aromatic N) is 2. The topological polar surface area (TPSA) is 66.1 Å². The van der Waals surface area contributed by atoms with Gasteiger partial charge in [0.25, 0.3) is 0 Å². The van der Waals surface area contributed by atoms with Gasteiger partial charge in [-0.2, -0.15) is 0 Å². The predicted molar refractivity (Wildman–Crippen MR) is 58.2 cm³/mol. The molecule has 1 fully saturated rings. The first-order valence-electron chi connectivity index (χ1n) is 4.08. The Bertz CT molecular complexity index is 461. The number of aromatic amines is 1. The Kier molecular flexibility index (Phi) is 2.58. The summed E-state index contributed by atoms with van der Waals surface area (Å²) < 4.78 is 22.9. The monoisotopic (exact) mass is 251 g/mol. The smallest absolute Gasteiger partial charge is 0.206 e. The van der Waals surface area contributed by atoms with Crippen LogP contribution in [0.3, 0.4) is 0 Å². The molecule has 2 rings (SSSR count). The number of hydrogen-bond acceptors (Lipinski definition) is 6. The van der Waals surface area contributed by atoms with Crippen LogP contribution < -0.4 is 4.90 Å². The van der Waals surface area contributed by atoms with Crippen LogP contribution in [0.2, 0.25) is 0 Å². The zero-order valence-electron chi connectivity index (χ0n) is 7.26. The Morgan fingerprint density at radius 2 is 2.07 bits per heavy atom. The number of rotatable bonds is 1. The van der Waals surface area contributed by atoms with Gasteiger partial charge < -0.3 is 4.90 Å². The standard InChI is InChI=1S/C6H9N3O2S3/c10-14(11)3-1-9(2-4-14)5-7-8-6(12)13-5/h1-4H2,(H,8,12). The van der Waals surface area contributed by atoms with E-state index in [1.165, 1.54) is 11.3 Å². The molecule has 1 saturated heterocycles. The van der Waals surface area contributed by atoms with E-state index in [9.17, 15) is 8.42 Å². The van der Waals surface area contributed by atoms with Crippen molar-refractivity contribution in [2.75, 3.05) is 29.5 Å². The third-order valence-electron chi connectivity index (χ3n) is 2.04. The molecule has 0 aliphatic carbocycles. The molecule has 0 atom stereocenters. The zero-order valence-corrected chi connectivity index (χ0v) is 9.71. The second kappa shape index (κ2) is 3.59. The molecule has 0 amide bonds. The lowest BCUT2D eigenvalue weighted by Gasteiger charge is -2.25. The van der Waals surface area contributed by atoms with Crippen molar-refractivity contribution in [3.8, 4) is 0 Å². The molecular weight excluding hydrogens is 242 g/mol. The van der Waals surface area contributed by atoms with E-state index in [1.54, 1.807) is 0 Å². The van der Waals surface area contributed by atoms with Crippen molar-refractivity contribution < 1.29 is 8.42 Å². The summed E-state index contributed by atoms with van der Waals surface area (Å²) in [7, 11) is -2.82. The van der Waals surface area contributed by atoms with E-state index in [0.29, 0.717) is 17.0 Å². The molecule has 1 aromatic heterocycles. The summed E-state index contributed by atoms with van der Waals surface area (Å²) in [4.78, 5) is 1.94. The summed E-state index contributed by atoms with van der Waals surface area (Å²) >= 11 is 6.28. The third kappa shape index (κ3) is 2.12. The van der Waals surface area contributed by atoms with Crippen molar-refractivity contribution in [1.29, 1.82) is 0 Å². The number of aromatic nitrogens is 2. The summed E-state index contributed by atoms with van der Waals surface area (Å²) in [6.45, 7) is 1.02. The lowest BCUT2D eigenvalue weighted by Crippen LogP contribution is -2.40. The van der Waals surface area contributed by atoms with E-state index in [-0.39, 0.29) is 11.5 Å². The minimum Gasteiger partial charge on any atom is -0.345 e. The summed E-state index contributed by atoms with van der Waals surface area (Å²) in [5.41, 5.74) is 0. The number of anilines is 1. The fourth-order valence-electron chi connectivity index (χ4n) is 1.26. The van der Waals surface area contributed by atoms with E-state index >= 15 is 0 Å². The molecular formula is C6H9N3O2S3. The second-order valence-electron chi connectivity index (χ2n) is 3.03. The fourth-order valence-corrected chi connectivity index (χ4v) is 3.39. The van der Waals surface area contributed by atoms with Crippen LogP contribution in [0.4, 0.5) is 5.13 Å². The minimum absolute atomic E-state index is 0.208. The second-order valence-corrected chi connectivity index (χ2v) is 6.98. The molecule has 0 saturated carbocycles. The molecule has 1 aromatic rings. The molecule has 1 N–H and O–H groups in total. The van der Waals surface area contributed by atoms with Gasteiger partial charge in [0.1, 0.15) is 0 Å². The molecule has 0 radical (unpaired) electrons. The molecule has 0 aromatic carbocycles. The van der Waals surface area contributed by atoms with Gasteiger partial charge in [0, 0.05) is 13.1 Å². The minimum atomic E-state index is -2.82. The summed E-state index contributed by atoms with van der Waals surface area (Å²) in [5.74, 6) is 0.415. The van der Waals surface area contributed by atoms with Gasteiger partial charge in [0.2, 0.25) is 5.13 Å². The van der Waals surface area contributed by atoms with Gasteiger partial charge >= 0.3 is 0 Å². The Balaban J connectivity index is 2.13. The summed E-state index contributed by atoms with van der Waals surface area (Å²) in [5, 5.41) is 7.47. The van der Waals surface area contributed by atoms with Gasteiger partial charge in [0.05, 0.1) is 11.5 Å². The van der Waals surface area contributed by atoms with Crippen molar-refractivity contribution in [2.24, 2.45) is 0 Å². The van der Waals surface area contributed by atoms with Crippen LogP contribution in [0.15, 0.2) is 0 Å². The zero-order chi connectivity index (χ0) is 10.2. The van der Waals surface area contributed by atoms with Crippen molar-refractivity contribution in [3.63, 3.8) is 0 Å². The van der Waals surface area contributed by atoms with Crippen LogP contribution in [0.1, 0.15) is 0 Å². The van der Waals surface area contributed by atoms with E-state index < -0.39 is 9.84 Å². The molecule has 2 heterocycles. The molecule has 14 heavy (non-hydrogen) atoms. The van der Waals surface area contributed by atoms with Crippen molar-refractivity contribution >= 4 is 38.5 Å². The first-order chi connectivity index (χ1) is 6.57. The van der Waals surface area contributed by atoms with Crippen LogP contribution in [0, 0.1) is 3.95 Å². The largest absolute Gasteiger partial charge is 0.345 e. The average molecular weight is 251 g/mol. The molecule has 0 spiro atoms. The first-order valence-corrected chi connectivity index (χ1v) is 7.12. The normalized spacial score (nSPS) is 21.0. The summed E-state index contributed by atoms with van der Waals surface area (Å²) in [6.07, 6.45) is 0. The maximum absolute atomic E-state index is 11.2. The average Bonchev–Trinajstić information content (AvgIpc) is 2.52. The Morgan fingerprint density at radius 1 is 1.43 bits per heavy atom. The Labute approximate surface area is 90.7 Å². The number of H-pyrrole nitrogens is 1. The SMILES string of the molecule is O=S1(=O)CCN(c2n[nH]c(=S)s2)CC1. The number of hydrogen-bond donors (Lipinski definition) is 1. The fraction of sp³-hybridized carbons (Fsp3) is 0.667. The molecule has 0 unspecified atom stereocenters. The highest BCUT2D eigenvalue weighted by molar-refractivity contribution is 7.91. The maximum Gasteiger partial charge on any atom is 0.206 e. The van der Waals surface area contributed by atoms with Gasteiger partial charge in [-0.1, -0.05) is 11.3 Å². The van der Waals surface area contributed by atoms with Crippen molar-refractivity contribution in [1.82, 2.24) is 10.2 Å². The number of sulfone groups is 1. The first kappa shape index (κ1) is 10.1. The van der Waals surface area contributed by atoms with Crippen molar-refractivity contribution in [3.05, 3.63) is 3.95 Å². The van der Waals surface area contributed by atoms with Gasteiger partial charge in [-0.05, 0) is 12.2 Å². The molecule has 0 bridgehead atoms. The molecule has 8 heteroatoms. The molecule has 78 valence electrons. The van der Waals surface area contributed by atoms with Gasteiger partial charge in [-0.3, -0.25) is 5.10 Å². The Morgan fingerprint density at radius 3 is 2.57 bits per heavy atom. The predicted octanol–water partition coefficient (Wildman–Crippen LogP) is 0.435. The Hall–Kier alpha value is -0.470. The third-order valence-corrected chi connectivity index (χ3v) is 4.80. The van der Waals surface area contributed by atoms with Crippen molar-refractivity contribution in [2.45, 2.75) is 0 Å². The van der Waals surface area contributed by atoms with Crippen LogP contribution in [0.25, 0.3) is 0 Å². The van der Waals surface area contributed by atoms with Crippen LogP contribution in [-0.2, 0) is 9.84 Å². The number of nitrogens with one attached hydrogen (secondary N) is 1. The highest BCUT2D eigenvalue weighted by Gasteiger charge is 2.23. The van der Waals surface area contributed by atoms with Gasteiger partial charge in [0.15, 0.2) is 13.8 Å². The molecule has 5 nitrogen and oxygen atoms in total. The van der Waals surface area contributed by atoms with Gasteiger partial charge in [-0.15, -0.1) is 5.10 Å². The summed E-state index contributed by atoms with van der Waals surface area (Å²) in [6, 6.07) is 0. The van der Waals surface area contributed by atoms with E-state index in [2.05, 4.69) is 10.2 Å². The highest BCUT2D eigenvalue weighted by atomic mass is 32.2. The highest BCUT2D eigenvalue weighted by Crippen LogP contribution is 2.19. The lowest BCUT2D eigenvalue weighted by atomic mass is 10.5. The van der Waals surface area contributed by atoms with Gasteiger partial charge in [-0.25, -0.2) is 8.42 Å². The molecule has 1 aliphatic rings. The van der Waals surface area contributed by atoms with E-state index in [4.69, 9.17) is 12.2 Å². The van der Waals surface area contributed by atoms with E-state index in [1.807, 2.05) is 4.90 Å². The lowest BCUT2D eigenvalue weighted by molar-refractivity contribution is 0.586. The maximum atomic E-state index is 11.2. The molecule has 1 aliphatic heterocycles.